The fourth-order valence-electron chi connectivity index (χ4n) is 2.06. The molecular formula is C10H15F3N2O. The highest BCUT2D eigenvalue weighted by molar-refractivity contribution is 5.82. The number of halogens is 3. The quantitative estimate of drug-likeness (QED) is 0.801. The van der Waals surface area contributed by atoms with Crippen LogP contribution in [0.1, 0.15) is 25.7 Å². The van der Waals surface area contributed by atoms with Crippen molar-refractivity contribution in [2.45, 2.75) is 43.9 Å². The summed E-state index contributed by atoms with van der Waals surface area (Å²) >= 11 is 0. The van der Waals surface area contributed by atoms with Gasteiger partial charge in [-0.2, -0.15) is 13.2 Å². The maximum atomic E-state index is 12.3. The van der Waals surface area contributed by atoms with Crippen molar-refractivity contribution in [1.29, 1.82) is 0 Å². The van der Waals surface area contributed by atoms with Gasteiger partial charge in [0.2, 0.25) is 5.91 Å². The summed E-state index contributed by atoms with van der Waals surface area (Å²) in [6, 6.07) is -0.584. The molecular weight excluding hydrogens is 221 g/mol. The number of nitrogens with one attached hydrogen (secondary N) is 1. The highest BCUT2D eigenvalue weighted by Gasteiger charge is 2.42. The SMILES string of the molecule is O=C(C1CCCN1)N(CC(F)(F)F)C1CC1. The maximum absolute atomic E-state index is 12.3. The van der Waals surface area contributed by atoms with E-state index in [1.165, 1.54) is 0 Å². The number of nitrogens with zero attached hydrogens (tertiary/aromatic N) is 1. The lowest BCUT2D eigenvalue weighted by Crippen LogP contribution is -2.48. The van der Waals surface area contributed by atoms with Gasteiger partial charge in [-0.05, 0) is 32.2 Å². The van der Waals surface area contributed by atoms with Gasteiger partial charge in [0, 0.05) is 6.04 Å². The number of alkyl halides is 3. The number of amides is 1. The molecule has 2 rings (SSSR count). The second-order valence-electron chi connectivity index (χ2n) is 4.46. The molecule has 16 heavy (non-hydrogen) atoms. The molecule has 0 aromatic heterocycles. The fraction of sp³-hybridized carbons (Fsp3) is 0.900. The zero-order valence-electron chi connectivity index (χ0n) is 8.89. The van der Waals surface area contributed by atoms with E-state index in [2.05, 4.69) is 5.32 Å². The number of carbonyl (C=O) groups excluding carboxylic acids is 1. The summed E-state index contributed by atoms with van der Waals surface area (Å²) in [4.78, 5) is 12.9. The lowest BCUT2D eigenvalue weighted by molar-refractivity contribution is -0.163. The average Bonchev–Trinajstić information content (AvgIpc) is 2.87. The molecule has 1 aliphatic carbocycles. The molecule has 0 radical (unpaired) electrons. The van der Waals surface area contributed by atoms with Crippen molar-refractivity contribution < 1.29 is 18.0 Å². The standard InChI is InChI=1S/C10H15F3N2O/c11-10(12,13)6-15(7-3-4-7)9(16)8-2-1-5-14-8/h7-8,14H,1-6H2. The molecule has 0 aromatic carbocycles. The van der Waals surface area contributed by atoms with Gasteiger partial charge in [0.05, 0.1) is 6.04 Å². The van der Waals surface area contributed by atoms with Crippen LogP contribution in [0.5, 0.6) is 0 Å². The van der Waals surface area contributed by atoms with Gasteiger partial charge >= 0.3 is 6.18 Å². The van der Waals surface area contributed by atoms with Crippen molar-refractivity contribution in [2.24, 2.45) is 0 Å². The van der Waals surface area contributed by atoms with Crippen LogP contribution in [0.4, 0.5) is 13.2 Å². The van der Waals surface area contributed by atoms with Gasteiger partial charge in [0.15, 0.2) is 0 Å². The van der Waals surface area contributed by atoms with Gasteiger partial charge in [-0.1, -0.05) is 0 Å². The molecule has 1 saturated carbocycles. The van der Waals surface area contributed by atoms with Crippen molar-refractivity contribution in [1.82, 2.24) is 10.2 Å². The molecule has 0 spiro atoms. The zero-order chi connectivity index (χ0) is 11.8. The molecule has 0 aromatic rings. The Bertz CT molecular complexity index is 270. The molecule has 3 nitrogen and oxygen atoms in total. The number of rotatable bonds is 3. The van der Waals surface area contributed by atoms with Crippen molar-refractivity contribution in [3.63, 3.8) is 0 Å². The predicted molar refractivity (Wildman–Crippen MR) is 51.8 cm³/mol. The molecule has 2 fully saturated rings. The Morgan fingerprint density at radius 1 is 1.31 bits per heavy atom. The van der Waals surface area contributed by atoms with Gasteiger partial charge in [-0.25, -0.2) is 0 Å². The van der Waals surface area contributed by atoms with E-state index in [9.17, 15) is 18.0 Å². The van der Waals surface area contributed by atoms with E-state index in [-0.39, 0.29) is 11.9 Å². The average molecular weight is 236 g/mol. The van der Waals surface area contributed by atoms with Crippen molar-refractivity contribution in [3.05, 3.63) is 0 Å². The molecule has 1 atom stereocenters. The third kappa shape index (κ3) is 2.87. The molecule has 1 N–H and O–H groups in total. The first-order chi connectivity index (χ1) is 7.47. The van der Waals surface area contributed by atoms with Crippen LogP contribution in [0, 0.1) is 0 Å². The second kappa shape index (κ2) is 4.24. The normalized spacial score (nSPS) is 25.8. The Morgan fingerprint density at radius 3 is 2.44 bits per heavy atom. The summed E-state index contributed by atoms with van der Waals surface area (Å²) < 4.78 is 37.0. The minimum atomic E-state index is -4.29. The Hall–Kier alpha value is -0.780. The summed E-state index contributed by atoms with van der Waals surface area (Å²) in [5.74, 6) is -0.377. The second-order valence-corrected chi connectivity index (χ2v) is 4.46. The van der Waals surface area contributed by atoms with Crippen LogP contribution in [0.25, 0.3) is 0 Å². The van der Waals surface area contributed by atoms with Crippen LogP contribution in [0.15, 0.2) is 0 Å². The number of hydrogen-bond acceptors (Lipinski definition) is 2. The summed E-state index contributed by atoms with van der Waals surface area (Å²) in [5, 5.41) is 2.95. The summed E-state index contributed by atoms with van der Waals surface area (Å²) in [5.41, 5.74) is 0. The summed E-state index contributed by atoms with van der Waals surface area (Å²) in [6.07, 6.45) is -1.37. The Balaban J connectivity index is 1.98. The van der Waals surface area contributed by atoms with Crippen LogP contribution in [0.3, 0.4) is 0 Å². The number of carbonyl (C=O) groups is 1. The molecule has 2 aliphatic rings. The molecule has 1 aliphatic heterocycles. The van der Waals surface area contributed by atoms with E-state index >= 15 is 0 Å². The Morgan fingerprint density at radius 2 is 2.00 bits per heavy atom. The van der Waals surface area contributed by atoms with E-state index < -0.39 is 18.8 Å². The van der Waals surface area contributed by atoms with E-state index in [4.69, 9.17) is 0 Å². The van der Waals surface area contributed by atoms with Crippen LogP contribution in [-0.2, 0) is 4.79 Å². The van der Waals surface area contributed by atoms with Crippen molar-refractivity contribution in [3.8, 4) is 0 Å². The smallest absolute Gasteiger partial charge is 0.329 e. The van der Waals surface area contributed by atoms with Gasteiger partial charge in [-0.3, -0.25) is 4.79 Å². The molecule has 1 unspecified atom stereocenters. The Labute approximate surface area is 92.0 Å². The Kier molecular flexibility index (Phi) is 3.10. The first-order valence-corrected chi connectivity index (χ1v) is 5.58. The van der Waals surface area contributed by atoms with Gasteiger partial charge in [-0.15, -0.1) is 0 Å². The molecule has 1 heterocycles. The lowest BCUT2D eigenvalue weighted by Gasteiger charge is -2.26. The highest BCUT2D eigenvalue weighted by atomic mass is 19.4. The van der Waals surface area contributed by atoms with Crippen molar-refractivity contribution >= 4 is 5.91 Å². The minimum Gasteiger partial charge on any atom is -0.329 e. The predicted octanol–water partition coefficient (Wildman–Crippen LogP) is 1.29. The third-order valence-electron chi connectivity index (χ3n) is 2.98. The topological polar surface area (TPSA) is 32.3 Å². The van der Waals surface area contributed by atoms with E-state index in [1.54, 1.807) is 0 Å². The largest absolute Gasteiger partial charge is 0.406 e. The van der Waals surface area contributed by atoms with Gasteiger partial charge in [0.25, 0.3) is 0 Å². The molecule has 92 valence electrons. The summed E-state index contributed by atoms with van der Waals surface area (Å²) in [6.45, 7) is -0.379. The van der Waals surface area contributed by atoms with Crippen LogP contribution in [-0.4, -0.2) is 42.2 Å². The summed E-state index contributed by atoms with van der Waals surface area (Å²) in [7, 11) is 0. The molecule has 0 bridgehead atoms. The first-order valence-electron chi connectivity index (χ1n) is 5.58. The minimum absolute atomic E-state index is 0.184. The zero-order valence-corrected chi connectivity index (χ0v) is 8.89. The highest BCUT2D eigenvalue weighted by Crippen LogP contribution is 2.31. The maximum Gasteiger partial charge on any atom is 0.406 e. The van der Waals surface area contributed by atoms with Gasteiger partial charge < -0.3 is 10.2 Å². The van der Waals surface area contributed by atoms with Crippen LogP contribution < -0.4 is 5.32 Å². The van der Waals surface area contributed by atoms with Crippen LogP contribution >= 0.6 is 0 Å². The first kappa shape index (κ1) is 11.7. The van der Waals surface area contributed by atoms with E-state index in [0.717, 1.165) is 17.9 Å². The molecule has 1 saturated heterocycles. The fourth-order valence-corrected chi connectivity index (χ4v) is 2.06. The van der Waals surface area contributed by atoms with Crippen LogP contribution in [0.2, 0.25) is 0 Å². The molecule has 6 heteroatoms. The molecule has 1 amide bonds. The number of hydrogen-bond donors (Lipinski definition) is 1. The van der Waals surface area contributed by atoms with E-state index in [1.807, 2.05) is 0 Å². The monoisotopic (exact) mass is 236 g/mol. The third-order valence-corrected chi connectivity index (χ3v) is 2.98. The van der Waals surface area contributed by atoms with Gasteiger partial charge in [0.1, 0.15) is 6.54 Å². The lowest BCUT2D eigenvalue weighted by atomic mass is 10.2. The van der Waals surface area contributed by atoms with Crippen molar-refractivity contribution in [2.75, 3.05) is 13.1 Å². The van der Waals surface area contributed by atoms with E-state index in [0.29, 0.717) is 19.3 Å².